The highest BCUT2D eigenvalue weighted by atomic mass is 127. The van der Waals surface area contributed by atoms with Crippen LogP contribution in [0.5, 0.6) is 0 Å². The third kappa shape index (κ3) is 0.985. The first-order valence-corrected chi connectivity index (χ1v) is 4.39. The number of fused-ring (bicyclic) bond motifs is 1. The normalized spacial score (nSPS) is 13.7. The molecule has 1 aliphatic carbocycles. The second-order valence-electron chi connectivity index (χ2n) is 2.45. The molecule has 0 saturated carbocycles. The van der Waals surface area contributed by atoms with E-state index in [1.54, 1.807) is 0 Å². The standard InChI is InChI=1S/C9H7I/c10-9-5-4-7-2-1-3-8(7)6-9/h1-2,4-6H,3H2. The van der Waals surface area contributed by atoms with Crippen molar-refractivity contribution in [1.82, 2.24) is 0 Å². The fourth-order valence-corrected chi connectivity index (χ4v) is 1.78. The number of halogens is 1. The van der Waals surface area contributed by atoms with Gasteiger partial charge in [-0.2, -0.15) is 0 Å². The Morgan fingerprint density at radius 3 is 3.10 bits per heavy atom. The first kappa shape index (κ1) is 6.40. The number of hydrogen-bond donors (Lipinski definition) is 0. The van der Waals surface area contributed by atoms with Gasteiger partial charge in [0.1, 0.15) is 0 Å². The SMILES string of the molecule is Ic1ccc2c(c1)CC=C2. The van der Waals surface area contributed by atoms with Crippen molar-refractivity contribution in [2.45, 2.75) is 6.42 Å². The zero-order valence-corrected chi connectivity index (χ0v) is 7.63. The van der Waals surface area contributed by atoms with Crippen molar-refractivity contribution in [1.29, 1.82) is 0 Å². The first-order valence-electron chi connectivity index (χ1n) is 3.31. The van der Waals surface area contributed by atoms with Crippen LogP contribution >= 0.6 is 22.6 Å². The first-order chi connectivity index (χ1) is 4.86. The molecule has 0 amide bonds. The third-order valence-corrected chi connectivity index (χ3v) is 2.41. The fourth-order valence-electron chi connectivity index (χ4n) is 1.23. The maximum Gasteiger partial charge on any atom is 0.0133 e. The largest absolute Gasteiger partial charge is 0.0795 e. The van der Waals surface area contributed by atoms with Gasteiger partial charge in [0.15, 0.2) is 0 Å². The van der Waals surface area contributed by atoms with Crippen molar-refractivity contribution in [3.63, 3.8) is 0 Å². The summed E-state index contributed by atoms with van der Waals surface area (Å²) in [5.74, 6) is 0. The second kappa shape index (κ2) is 2.38. The Bertz CT molecular complexity index is 287. The highest BCUT2D eigenvalue weighted by Gasteiger charge is 2.03. The molecule has 1 heteroatoms. The Hall–Kier alpha value is -0.310. The topological polar surface area (TPSA) is 0 Å². The molecule has 0 N–H and O–H groups in total. The van der Waals surface area contributed by atoms with Gasteiger partial charge in [0.2, 0.25) is 0 Å². The van der Waals surface area contributed by atoms with Crippen LogP contribution in [0.1, 0.15) is 11.1 Å². The highest BCUT2D eigenvalue weighted by molar-refractivity contribution is 14.1. The molecule has 10 heavy (non-hydrogen) atoms. The Balaban J connectivity index is 2.59. The lowest BCUT2D eigenvalue weighted by molar-refractivity contribution is 1.30. The monoisotopic (exact) mass is 242 g/mol. The summed E-state index contributed by atoms with van der Waals surface area (Å²) in [6.07, 6.45) is 5.51. The molecule has 2 rings (SSSR count). The summed E-state index contributed by atoms with van der Waals surface area (Å²) in [5.41, 5.74) is 2.85. The molecule has 0 saturated heterocycles. The molecular formula is C9H7I. The van der Waals surface area contributed by atoms with Crippen LogP contribution in [0.3, 0.4) is 0 Å². The van der Waals surface area contributed by atoms with Crippen LogP contribution in [0.25, 0.3) is 6.08 Å². The highest BCUT2D eigenvalue weighted by Crippen LogP contribution is 2.20. The molecule has 0 nitrogen and oxygen atoms in total. The molecule has 0 aromatic heterocycles. The minimum Gasteiger partial charge on any atom is -0.0795 e. The van der Waals surface area contributed by atoms with Gasteiger partial charge in [-0.3, -0.25) is 0 Å². The summed E-state index contributed by atoms with van der Waals surface area (Å²) in [7, 11) is 0. The zero-order chi connectivity index (χ0) is 6.97. The van der Waals surface area contributed by atoms with Crippen molar-refractivity contribution < 1.29 is 0 Å². The minimum absolute atomic E-state index is 1.12. The molecule has 0 aliphatic heterocycles. The third-order valence-electron chi connectivity index (χ3n) is 1.74. The molecule has 0 radical (unpaired) electrons. The number of allylic oxidation sites excluding steroid dienone is 1. The van der Waals surface area contributed by atoms with E-state index in [1.807, 2.05) is 0 Å². The van der Waals surface area contributed by atoms with Gasteiger partial charge in [-0.1, -0.05) is 18.2 Å². The zero-order valence-electron chi connectivity index (χ0n) is 5.47. The van der Waals surface area contributed by atoms with E-state index < -0.39 is 0 Å². The molecule has 50 valence electrons. The molecule has 1 aromatic rings. The molecule has 1 aliphatic rings. The summed E-state index contributed by atoms with van der Waals surface area (Å²) < 4.78 is 1.33. The van der Waals surface area contributed by atoms with E-state index >= 15 is 0 Å². The van der Waals surface area contributed by atoms with Crippen LogP contribution in [0, 0.1) is 3.57 Å². The van der Waals surface area contributed by atoms with Crippen molar-refractivity contribution in [3.8, 4) is 0 Å². The molecule has 0 heterocycles. The molecular weight excluding hydrogens is 235 g/mol. The van der Waals surface area contributed by atoms with E-state index in [4.69, 9.17) is 0 Å². The van der Waals surface area contributed by atoms with Gasteiger partial charge in [-0.15, -0.1) is 0 Å². The van der Waals surface area contributed by atoms with Gasteiger partial charge in [0, 0.05) is 3.57 Å². The van der Waals surface area contributed by atoms with Crippen molar-refractivity contribution in [2.75, 3.05) is 0 Å². The molecule has 1 aromatic carbocycles. The van der Waals surface area contributed by atoms with Gasteiger partial charge in [-0.25, -0.2) is 0 Å². The van der Waals surface area contributed by atoms with E-state index in [0.29, 0.717) is 0 Å². The number of hydrogen-bond acceptors (Lipinski definition) is 0. The van der Waals surface area contributed by atoms with Crippen LogP contribution in [0.2, 0.25) is 0 Å². The van der Waals surface area contributed by atoms with Gasteiger partial charge in [-0.05, 0) is 52.3 Å². The van der Waals surface area contributed by atoms with Gasteiger partial charge >= 0.3 is 0 Å². The lowest BCUT2D eigenvalue weighted by atomic mass is 10.1. The maximum absolute atomic E-state index is 2.35. The molecule has 0 unspecified atom stereocenters. The Morgan fingerprint density at radius 2 is 2.20 bits per heavy atom. The Morgan fingerprint density at radius 1 is 1.30 bits per heavy atom. The predicted octanol–water partition coefficient (Wildman–Crippen LogP) is 2.86. The fraction of sp³-hybridized carbons (Fsp3) is 0.111. The summed E-state index contributed by atoms with van der Waals surface area (Å²) in [6.45, 7) is 0. The van der Waals surface area contributed by atoms with Crippen LogP contribution in [0.4, 0.5) is 0 Å². The summed E-state index contributed by atoms with van der Waals surface area (Å²) in [4.78, 5) is 0. The minimum atomic E-state index is 1.12. The maximum atomic E-state index is 2.35. The average Bonchev–Trinajstić information content (AvgIpc) is 2.33. The van der Waals surface area contributed by atoms with Crippen molar-refractivity contribution in [3.05, 3.63) is 39.0 Å². The summed E-state index contributed by atoms with van der Waals surface area (Å²) in [6, 6.07) is 6.57. The van der Waals surface area contributed by atoms with E-state index in [-0.39, 0.29) is 0 Å². The van der Waals surface area contributed by atoms with Crippen molar-refractivity contribution >= 4 is 28.7 Å². The Labute approximate surface area is 74.1 Å². The second-order valence-corrected chi connectivity index (χ2v) is 3.70. The Kier molecular flexibility index (Phi) is 1.52. The number of benzene rings is 1. The lowest BCUT2D eigenvalue weighted by Crippen LogP contribution is -1.81. The lowest BCUT2D eigenvalue weighted by Gasteiger charge is -1.96. The van der Waals surface area contributed by atoms with E-state index in [2.05, 4.69) is 52.9 Å². The van der Waals surface area contributed by atoms with Gasteiger partial charge in [0.05, 0.1) is 0 Å². The smallest absolute Gasteiger partial charge is 0.0133 e. The van der Waals surface area contributed by atoms with Crippen molar-refractivity contribution in [2.24, 2.45) is 0 Å². The average molecular weight is 242 g/mol. The quantitative estimate of drug-likeness (QED) is 0.613. The summed E-state index contributed by atoms with van der Waals surface area (Å²) >= 11 is 2.35. The van der Waals surface area contributed by atoms with Crippen LogP contribution in [-0.2, 0) is 6.42 Å². The number of rotatable bonds is 0. The van der Waals surface area contributed by atoms with Crippen LogP contribution in [-0.4, -0.2) is 0 Å². The van der Waals surface area contributed by atoms with Crippen LogP contribution < -0.4 is 0 Å². The molecule has 0 bridgehead atoms. The van der Waals surface area contributed by atoms with E-state index in [0.717, 1.165) is 6.42 Å². The molecule has 0 spiro atoms. The van der Waals surface area contributed by atoms with E-state index in [9.17, 15) is 0 Å². The molecule has 0 fully saturated rings. The predicted molar refractivity (Wildman–Crippen MR) is 51.9 cm³/mol. The molecule has 0 atom stereocenters. The van der Waals surface area contributed by atoms with Gasteiger partial charge < -0.3 is 0 Å². The van der Waals surface area contributed by atoms with Crippen LogP contribution in [0.15, 0.2) is 24.3 Å². The van der Waals surface area contributed by atoms with Gasteiger partial charge in [0.25, 0.3) is 0 Å². The summed E-state index contributed by atoms with van der Waals surface area (Å²) in [5, 5.41) is 0. The van der Waals surface area contributed by atoms with E-state index in [1.165, 1.54) is 14.7 Å².